The molecule has 1 unspecified atom stereocenters. The third-order valence-corrected chi connectivity index (χ3v) is 2.99. The van der Waals surface area contributed by atoms with Crippen molar-refractivity contribution in [3.63, 3.8) is 0 Å². The highest BCUT2D eigenvalue weighted by molar-refractivity contribution is 7.79. The van der Waals surface area contributed by atoms with E-state index in [4.69, 9.17) is 11.6 Å². The minimum atomic E-state index is -1.91. The normalized spacial score (nSPS) is 13.1. The Labute approximate surface area is 104 Å². The van der Waals surface area contributed by atoms with Crippen LogP contribution in [0.15, 0.2) is 36.4 Å². The maximum atomic E-state index is 10.2. The largest absolute Gasteiger partial charge is 0.772 e. The molecule has 16 heavy (non-hydrogen) atoms. The fourth-order valence-corrected chi connectivity index (χ4v) is 1.81. The van der Waals surface area contributed by atoms with Crippen LogP contribution in [0.1, 0.15) is 18.4 Å². The molecule has 0 aliphatic rings. The van der Waals surface area contributed by atoms with Crippen LogP contribution in [0.4, 0.5) is 0 Å². The van der Waals surface area contributed by atoms with Gasteiger partial charge >= 0.3 is 0 Å². The zero-order chi connectivity index (χ0) is 11.8. The van der Waals surface area contributed by atoms with E-state index in [1.807, 2.05) is 30.3 Å². The highest BCUT2D eigenvalue weighted by Gasteiger charge is 1.89. The number of unbranched alkanes of at least 4 members (excludes halogenated alkanes) is 1. The first-order valence-electron chi connectivity index (χ1n) is 5.14. The SMILES string of the molecule is O=S([O-])CCCC=CCc1ccc(Cl)cc1. The average Bonchev–Trinajstić information content (AvgIpc) is 2.25. The number of allylic oxidation sites excluding steroid dienone is 2. The molecule has 0 aromatic heterocycles. The van der Waals surface area contributed by atoms with Crippen molar-refractivity contribution in [2.75, 3.05) is 5.75 Å². The average molecular weight is 258 g/mol. The van der Waals surface area contributed by atoms with Crippen LogP contribution in [0.25, 0.3) is 0 Å². The molecule has 4 heteroatoms. The second-order valence-electron chi connectivity index (χ2n) is 3.45. The molecule has 0 saturated carbocycles. The maximum Gasteiger partial charge on any atom is 0.0406 e. The first-order valence-corrected chi connectivity index (χ1v) is 6.76. The molecule has 0 fully saturated rings. The van der Waals surface area contributed by atoms with Gasteiger partial charge in [0.05, 0.1) is 0 Å². The van der Waals surface area contributed by atoms with Gasteiger partial charge in [0.1, 0.15) is 0 Å². The lowest BCUT2D eigenvalue weighted by atomic mass is 10.1. The standard InChI is InChI=1S/C12H15ClO2S/c13-12-8-6-11(7-9-12)5-3-1-2-4-10-16(14)15/h1,3,6-9H,2,4-5,10H2,(H,14,15)/p-1. The molecule has 0 heterocycles. The van der Waals surface area contributed by atoms with Crippen LogP contribution in [0, 0.1) is 0 Å². The molecule has 0 amide bonds. The number of hydrogen-bond acceptors (Lipinski definition) is 2. The molecule has 0 aliphatic heterocycles. The summed E-state index contributed by atoms with van der Waals surface area (Å²) in [5.74, 6) is 0.241. The van der Waals surface area contributed by atoms with Gasteiger partial charge in [0, 0.05) is 10.8 Å². The van der Waals surface area contributed by atoms with Gasteiger partial charge in [0.25, 0.3) is 0 Å². The van der Waals surface area contributed by atoms with Crippen molar-refractivity contribution >= 4 is 22.7 Å². The molecule has 0 N–H and O–H groups in total. The molecular formula is C12H14ClO2S-. The van der Waals surface area contributed by atoms with Crippen LogP contribution in [0.3, 0.4) is 0 Å². The van der Waals surface area contributed by atoms with E-state index in [9.17, 15) is 8.76 Å². The van der Waals surface area contributed by atoms with E-state index in [2.05, 4.69) is 6.08 Å². The number of halogens is 1. The molecule has 0 saturated heterocycles. The first-order chi connectivity index (χ1) is 7.68. The van der Waals surface area contributed by atoms with Crippen molar-refractivity contribution in [3.8, 4) is 0 Å². The summed E-state index contributed by atoms with van der Waals surface area (Å²) in [6.45, 7) is 0. The third-order valence-electron chi connectivity index (χ3n) is 2.12. The molecule has 2 nitrogen and oxygen atoms in total. The Morgan fingerprint density at radius 2 is 1.94 bits per heavy atom. The summed E-state index contributed by atoms with van der Waals surface area (Å²) in [5.41, 5.74) is 1.20. The van der Waals surface area contributed by atoms with Crippen molar-refractivity contribution in [1.82, 2.24) is 0 Å². The predicted molar refractivity (Wildman–Crippen MR) is 67.3 cm³/mol. The summed E-state index contributed by atoms with van der Waals surface area (Å²) < 4.78 is 20.5. The lowest BCUT2D eigenvalue weighted by Gasteiger charge is -2.01. The van der Waals surface area contributed by atoms with Crippen molar-refractivity contribution in [2.45, 2.75) is 19.3 Å². The Balaban J connectivity index is 2.21. The van der Waals surface area contributed by atoms with Crippen LogP contribution in [-0.2, 0) is 17.5 Å². The Morgan fingerprint density at radius 1 is 1.25 bits per heavy atom. The first kappa shape index (κ1) is 13.4. The van der Waals surface area contributed by atoms with Gasteiger partial charge in [-0.3, -0.25) is 4.21 Å². The molecule has 88 valence electrons. The highest BCUT2D eigenvalue weighted by atomic mass is 35.5. The zero-order valence-corrected chi connectivity index (χ0v) is 10.5. The van der Waals surface area contributed by atoms with Crippen molar-refractivity contribution in [3.05, 3.63) is 47.0 Å². The van der Waals surface area contributed by atoms with Crippen LogP contribution < -0.4 is 0 Å². The summed E-state index contributed by atoms with van der Waals surface area (Å²) in [7, 11) is 0. The minimum absolute atomic E-state index is 0.241. The minimum Gasteiger partial charge on any atom is -0.772 e. The van der Waals surface area contributed by atoms with Crippen LogP contribution in [0.5, 0.6) is 0 Å². The lowest BCUT2D eigenvalue weighted by molar-refractivity contribution is 0.535. The van der Waals surface area contributed by atoms with E-state index in [1.54, 1.807) is 0 Å². The summed E-state index contributed by atoms with van der Waals surface area (Å²) >= 11 is 3.86. The second-order valence-corrected chi connectivity index (χ2v) is 4.90. The van der Waals surface area contributed by atoms with E-state index >= 15 is 0 Å². The lowest BCUT2D eigenvalue weighted by Crippen LogP contribution is -1.93. The van der Waals surface area contributed by atoms with E-state index in [0.717, 1.165) is 17.9 Å². The molecule has 1 aromatic carbocycles. The topological polar surface area (TPSA) is 40.1 Å². The molecule has 0 spiro atoms. The van der Waals surface area contributed by atoms with Gasteiger partial charge in [0.2, 0.25) is 0 Å². The van der Waals surface area contributed by atoms with Crippen LogP contribution in [-0.4, -0.2) is 14.5 Å². The van der Waals surface area contributed by atoms with Crippen molar-refractivity contribution < 1.29 is 8.76 Å². The van der Waals surface area contributed by atoms with Gasteiger partial charge in [-0.1, -0.05) is 47.0 Å². The predicted octanol–water partition coefficient (Wildman–Crippen LogP) is 3.10. The van der Waals surface area contributed by atoms with Crippen LogP contribution in [0.2, 0.25) is 5.02 Å². The monoisotopic (exact) mass is 257 g/mol. The molecule has 1 aromatic rings. The molecule has 1 atom stereocenters. The molecule has 0 aliphatic carbocycles. The molecular weight excluding hydrogens is 244 g/mol. The van der Waals surface area contributed by atoms with Gasteiger partial charge in [-0.15, -0.1) is 0 Å². The molecule has 1 rings (SSSR count). The zero-order valence-electron chi connectivity index (χ0n) is 8.90. The van der Waals surface area contributed by atoms with Gasteiger partial charge < -0.3 is 4.55 Å². The Kier molecular flexibility index (Phi) is 6.38. The van der Waals surface area contributed by atoms with Gasteiger partial charge in [-0.25, -0.2) is 0 Å². The number of rotatable bonds is 6. The quantitative estimate of drug-likeness (QED) is 0.446. The van der Waals surface area contributed by atoms with Gasteiger partial charge in [-0.05, 0) is 37.0 Å². The summed E-state index contributed by atoms with van der Waals surface area (Å²) in [6, 6.07) is 7.70. The van der Waals surface area contributed by atoms with E-state index < -0.39 is 11.1 Å². The Bertz CT molecular complexity index is 360. The van der Waals surface area contributed by atoms with Crippen molar-refractivity contribution in [2.24, 2.45) is 0 Å². The highest BCUT2D eigenvalue weighted by Crippen LogP contribution is 2.10. The van der Waals surface area contributed by atoms with E-state index in [-0.39, 0.29) is 5.75 Å². The number of benzene rings is 1. The Morgan fingerprint density at radius 3 is 2.56 bits per heavy atom. The van der Waals surface area contributed by atoms with E-state index in [1.165, 1.54) is 5.56 Å². The fraction of sp³-hybridized carbons (Fsp3) is 0.333. The summed E-state index contributed by atoms with van der Waals surface area (Å²) in [6.07, 6.45) is 6.42. The Hall–Kier alpha value is -0.640. The molecule has 0 radical (unpaired) electrons. The van der Waals surface area contributed by atoms with Crippen molar-refractivity contribution in [1.29, 1.82) is 0 Å². The maximum absolute atomic E-state index is 10.2. The van der Waals surface area contributed by atoms with Crippen LogP contribution >= 0.6 is 11.6 Å². The summed E-state index contributed by atoms with van der Waals surface area (Å²) in [5, 5.41) is 0.741. The van der Waals surface area contributed by atoms with Gasteiger partial charge in [0.15, 0.2) is 0 Å². The third kappa shape index (κ3) is 6.05. The van der Waals surface area contributed by atoms with E-state index in [0.29, 0.717) is 6.42 Å². The number of hydrogen-bond donors (Lipinski definition) is 0. The smallest absolute Gasteiger partial charge is 0.0406 e. The second kappa shape index (κ2) is 7.60. The fourth-order valence-electron chi connectivity index (χ4n) is 1.28. The summed E-state index contributed by atoms with van der Waals surface area (Å²) in [4.78, 5) is 0. The molecule has 0 bridgehead atoms. The van der Waals surface area contributed by atoms with Gasteiger partial charge in [-0.2, -0.15) is 0 Å².